The van der Waals surface area contributed by atoms with Gasteiger partial charge in [0.15, 0.2) is 0 Å². The summed E-state index contributed by atoms with van der Waals surface area (Å²) < 4.78 is 10.3. The van der Waals surface area contributed by atoms with Gasteiger partial charge in [-0.1, -0.05) is 70.7 Å². The third kappa shape index (κ3) is 9.03. The molecule has 10 nitrogen and oxygen atoms in total. The number of aromatic nitrogens is 1. The van der Waals surface area contributed by atoms with Gasteiger partial charge >= 0.3 is 5.97 Å². The Morgan fingerprint density at radius 2 is 1.58 bits per heavy atom. The number of piperazine rings is 1. The van der Waals surface area contributed by atoms with Crippen molar-refractivity contribution >= 4 is 81.0 Å². The van der Waals surface area contributed by atoms with Crippen molar-refractivity contribution in [1.29, 1.82) is 0 Å². The first-order valence-corrected chi connectivity index (χ1v) is 17.5. The van der Waals surface area contributed by atoms with Crippen molar-refractivity contribution in [2.24, 2.45) is 0 Å². The molecule has 1 aliphatic rings. The third-order valence-corrected chi connectivity index (χ3v) is 9.98. The summed E-state index contributed by atoms with van der Waals surface area (Å²) in [6.07, 6.45) is 2.22. The molecule has 0 saturated carbocycles. The minimum Gasteiger partial charge on any atom is -0.497 e. The molecule has 1 fully saturated rings. The number of esters is 1. The molecule has 0 bridgehead atoms. The molecule has 0 aliphatic carbocycles. The van der Waals surface area contributed by atoms with Gasteiger partial charge in [-0.3, -0.25) is 19.2 Å². The second kappa shape index (κ2) is 16.8. The molecule has 1 aliphatic heterocycles. The van der Waals surface area contributed by atoms with Crippen LogP contribution in [0, 0.1) is 0 Å². The average molecular weight is 763 g/mol. The normalized spacial score (nSPS) is 16.0. The van der Waals surface area contributed by atoms with E-state index in [4.69, 9.17) is 55.9 Å². The van der Waals surface area contributed by atoms with Crippen LogP contribution in [0.2, 0.25) is 10.0 Å². The van der Waals surface area contributed by atoms with Crippen molar-refractivity contribution in [2.75, 3.05) is 33.9 Å². The zero-order valence-electron chi connectivity index (χ0n) is 27.4. The molecule has 1 saturated heterocycles. The quantitative estimate of drug-likeness (QED) is 0.0949. The zero-order valence-corrected chi connectivity index (χ0v) is 30.4. The first-order valence-electron chi connectivity index (χ1n) is 15.8. The minimum absolute atomic E-state index is 0.136. The van der Waals surface area contributed by atoms with E-state index in [1.54, 1.807) is 55.6 Å². The number of methoxy groups -OCH3 is 2. The molecule has 4 aromatic rings. The van der Waals surface area contributed by atoms with Gasteiger partial charge in [-0.15, -0.1) is 0 Å². The van der Waals surface area contributed by atoms with E-state index in [1.165, 1.54) is 16.9 Å². The molecule has 3 atom stereocenters. The van der Waals surface area contributed by atoms with E-state index in [0.29, 0.717) is 22.2 Å². The lowest BCUT2D eigenvalue weighted by Gasteiger charge is -2.42. The fourth-order valence-corrected chi connectivity index (χ4v) is 6.89. The van der Waals surface area contributed by atoms with Crippen LogP contribution in [-0.2, 0) is 43.2 Å². The number of rotatable bonds is 14. The van der Waals surface area contributed by atoms with E-state index in [0.717, 1.165) is 32.5 Å². The van der Waals surface area contributed by atoms with E-state index < -0.39 is 47.8 Å². The lowest BCUT2D eigenvalue weighted by molar-refractivity contribution is -0.159. The van der Waals surface area contributed by atoms with Crippen LogP contribution in [0.3, 0.4) is 0 Å². The van der Waals surface area contributed by atoms with Crippen LogP contribution in [-0.4, -0.2) is 94.3 Å². The Bertz CT molecular complexity index is 1830. The first kappa shape index (κ1) is 37.3. The molecule has 0 spiro atoms. The minimum atomic E-state index is -1.21. The van der Waals surface area contributed by atoms with Crippen molar-refractivity contribution < 1.29 is 28.7 Å². The van der Waals surface area contributed by atoms with Crippen LogP contribution >= 0.6 is 46.4 Å². The number of amides is 3. The molecule has 2 heterocycles. The van der Waals surface area contributed by atoms with Crippen LogP contribution in [0.25, 0.3) is 10.9 Å². The van der Waals surface area contributed by atoms with Gasteiger partial charge in [0.2, 0.25) is 17.7 Å². The van der Waals surface area contributed by atoms with Crippen LogP contribution in [0.4, 0.5) is 0 Å². The summed E-state index contributed by atoms with van der Waals surface area (Å²) in [6, 6.07) is 18.4. The number of carbonyl (C=O) groups excluding carboxylic acids is 4. The number of carbonyl (C=O) groups is 4. The summed E-state index contributed by atoms with van der Waals surface area (Å²) in [5.41, 5.74) is 1.52. The molecule has 3 amide bonds. The summed E-state index contributed by atoms with van der Waals surface area (Å²) in [5, 5.41) is 2.00. The number of nitrogens with zero attached hydrogens (tertiary/aromatic N) is 3. The predicted octanol–water partition coefficient (Wildman–Crippen LogP) is 6.07. The van der Waals surface area contributed by atoms with Gasteiger partial charge in [-0.05, 0) is 65.6 Å². The second-order valence-electron chi connectivity index (χ2n) is 11.9. The summed E-state index contributed by atoms with van der Waals surface area (Å²) in [6.45, 7) is -0.591. The topological polar surface area (TPSA) is 112 Å². The highest BCUT2D eigenvalue weighted by molar-refractivity contribution is 6.30. The van der Waals surface area contributed by atoms with Gasteiger partial charge in [0, 0.05) is 46.5 Å². The number of fused-ring (bicyclic) bond motifs is 1. The molecule has 50 heavy (non-hydrogen) atoms. The first-order chi connectivity index (χ1) is 24.0. The number of alkyl halides is 2. The molecule has 264 valence electrons. The number of aromatic amines is 1. The smallest absolute Gasteiger partial charge is 0.325 e. The van der Waals surface area contributed by atoms with Crippen molar-refractivity contribution in [3.05, 3.63) is 99.7 Å². The van der Waals surface area contributed by atoms with Crippen LogP contribution in [0.5, 0.6) is 5.75 Å². The second-order valence-corrected chi connectivity index (χ2v) is 13.8. The summed E-state index contributed by atoms with van der Waals surface area (Å²) in [4.78, 5) is 61.7. The molecule has 3 unspecified atom stereocenters. The Kier molecular flexibility index (Phi) is 12.6. The zero-order chi connectivity index (χ0) is 35.9. The Labute approximate surface area is 310 Å². The Hall–Kier alpha value is -3.96. The summed E-state index contributed by atoms with van der Waals surface area (Å²) in [5.74, 6) is -1.49. The van der Waals surface area contributed by atoms with Crippen molar-refractivity contribution in [3.63, 3.8) is 0 Å². The Morgan fingerprint density at radius 3 is 2.20 bits per heavy atom. The molecule has 3 aromatic carbocycles. The molecule has 14 heteroatoms. The molecule has 5 rings (SSSR count). The molecular weight excluding hydrogens is 726 g/mol. The lowest BCUT2D eigenvalue weighted by atomic mass is 10.0. The fraction of sp³-hybridized carbons (Fsp3) is 0.333. The number of nitrogens with one attached hydrogen (secondary N) is 1. The van der Waals surface area contributed by atoms with E-state index in [9.17, 15) is 19.2 Å². The fourth-order valence-electron chi connectivity index (χ4n) is 5.94. The SMILES string of the molecule is COC(=O)CN(C(=O)CC1C(=O)N(C(Cl)Cc2ccc(Cl)cc2)CC(=O)N1CCc1c[nH]c2ccc(OC)cc12)C(Cl)Cc1ccc(Cl)cc1. The van der Waals surface area contributed by atoms with E-state index in [-0.39, 0.29) is 31.8 Å². The Morgan fingerprint density at radius 1 is 0.940 bits per heavy atom. The summed E-state index contributed by atoms with van der Waals surface area (Å²) >= 11 is 25.6. The van der Waals surface area contributed by atoms with E-state index >= 15 is 0 Å². The van der Waals surface area contributed by atoms with Gasteiger partial charge in [0.25, 0.3) is 0 Å². The highest BCUT2D eigenvalue weighted by atomic mass is 35.5. The number of hydrogen-bond donors (Lipinski definition) is 1. The van der Waals surface area contributed by atoms with Gasteiger partial charge in [-0.2, -0.15) is 0 Å². The highest BCUT2D eigenvalue weighted by Crippen LogP contribution is 2.28. The maximum Gasteiger partial charge on any atom is 0.325 e. The standard InChI is InChI=1S/C36H36Cl4N4O6/c1-49-27-11-12-29-28(17-27)24(19-41-29)13-14-42-30(36(48)44(20-34(42)46)32(40)16-23-5-9-26(38)10-6-23)18-33(45)43(21-35(47)50-2)31(39)15-22-3-7-25(37)8-4-22/h3-12,17,19,30-32,41H,13-16,18,20-21H2,1-2H3. The van der Waals surface area contributed by atoms with Gasteiger partial charge in [0.1, 0.15) is 35.9 Å². The van der Waals surface area contributed by atoms with E-state index in [1.807, 2.05) is 24.4 Å². The van der Waals surface area contributed by atoms with Crippen LogP contribution in [0.1, 0.15) is 23.1 Å². The van der Waals surface area contributed by atoms with Gasteiger partial charge in [0.05, 0.1) is 20.6 Å². The van der Waals surface area contributed by atoms with Crippen LogP contribution < -0.4 is 4.74 Å². The van der Waals surface area contributed by atoms with Gasteiger partial charge < -0.3 is 29.2 Å². The van der Waals surface area contributed by atoms with Crippen LogP contribution in [0.15, 0.2) is 72.9 Å². The largest absolute Gasteiger partial charge is 0.497 e. The molecule has 1 aromatic heterocycles. The average Bonchev–Trinajstić information content (AvgIpc) is 3.51. The number of hydrogen-bond acceptors (Lipinski definition) is 6. The van der Waals surface area contributed by atoms with Crippen molar-refractivity contribution in [1.82, 2.24) is 19.7 Å². The molecular formula is C36H36Cl4N4O6. The van der Waals surface area contributed by atoms with Crippen molar-refractivity contribution in [2.45, 2.75) is 42.7 Å². The highest BCUT2D eigenvalue weighted by Gasteiger charge is 2.43. The van der Waals surface area contributed by atoms with Gasteiger partial charge in [-0.25, -0.2) is 0 Å². The monoisotopic (exact) mass is 760 g/mol. The predicted molar refractivity (Wildman–Crippen MR) is 194 cm³/mol. The molecule has 0 radical (unpaired) electrons. The van der Waals surface area contributed by atoms with E-state index in [2.05, 4.69) is 4.98 Å². The molecule has 1 N–H and O–H groups in total. The number of ether oxygens (including phenoxy) is 2. The third-order valence-electron chi connectivity index (χ3n) is 8.69. The maximum atomic E-state index is 14.2. The number of H-pyrrole nitrogens is 1. The lowest BCUT2D eigenvalue weighted by Crippen LogP contribution is -2.63. The Balaban J connectivity index is 1.41. The maximum absolute atomic E-state index is 14.2. The number of halogens is 4. The van der Waals surface area contributed by atoms with Crippen molar-refractivity contribution in [3.8, 4) is 5.75 Å². The summed E-state index contributed by atoms with van der Waals surface area (Å²) in [7, 11) is 2.79. The number of benzene rings is 3.